The van der Waals surface area contributed by atoms with Gasteiger partial charge in [-0.1, -0.05) is 6.07 Å². The molecule has 0 bridgehead atoms. The second-order valence-electron chi connectivity index (χ2n) is 8.08. The smallest absolute Gasteiger partial charge is 0.338 e. The van der Waals surface area contributed by atoms with Gasteiger partial charge in [0.15, 0.2) is 17.3 Å². The summed E-state index contributed by atoms with van der Waals surface area (Å²) in [6, 6.07) is 7.34. The van der Waals surface area contributed by atoms with E-state index in [1.54, 1.807) is 35.2 Å². The zero-order chi connectivity index (χ0) is 24.9. The molecular formula is C24H28N4O7. The van der Waals surface area contributed by atoms with Crippen molar-refractivity contribution in [1.29, 1.82) is 0 Å². The van der Waals surface area contributed by atoms with E-state index in [4.69, 9.17) is 18.6 Å². The van der Waals surface area contributed by atoms with E-state index in [9.17, 15) is 14.4 Å². The van der Waals surface area contributed by atoms with E-state index in [0.717, 1.165) is 0 Å². The number of nitrogens with one attached hydrogen (secondary N) is 2. The Morgan fingerprint density at radius 3 is 2.43 bits per heavy atom. The van der Waals surface area contributed by atoms with Crippen LogP contribution in [0, 0.1) is 0 Å². The second-order valence-corrected chi connectivity index (χ2v) is 8.08. The lowest BCUT2D eigenvalue weighted by atomic mass is 9.94. The molecule has 1 fully saturated rings. The summed E-state index contributed by atoms with van der Waals surface area (Å²) in [4.78, 5) is 41.7. The summed E-state index contributed by atoms with van der Waals surface area (Å²) < 4.78 is 21.0. The average Bonchev–Trinajstić information content (AvgIpc) is 3.42. The Bertz CT molecular complexity index is 1120. The summed E-state index contributed by atoms with van der Waals surface area (Å²) >= 11 is 0. The maximum atomic E-state index is 12.9. The van der Waals surface area contributed by atoms with Crippen LogP contribution >= 0.6 is 0 Å². The number of carbonyl (C=O) groups is 3. The zero-order valence-electron chi connectivity index (χ0n) is 19.8. The molecule has 1 saturated heterocycles. The van der Waals surface area contributed by atoms with Crippen LogP contribution in [-0.2, 0) is 9.53 Å². The first kappa shape index (κ1) is 24.1. The SMILES string of the molecule is COC(=O)C1=C(CN2CCN(C(=O)c3ccco3)CC2)NC(=O)N[C@@H]1c1ccc(OC)c(OC)c1. The Kier molecular flexibility index (Phi) is 7.25. The third-order valence-electron chi connectivity index (χ3n) is 6.07. The number of benzene rings is 1. The summed E-state index contributed by atoms with van der Waals surface area (Å²) in [7, 11) is 4.35. The van der Waals surface area contributed by atoms with Crippen molar-refractivity contribution in [2.75, 3.05) is 54.1 Å². The van der Waals surface area contributed by atoms with Gasteiger partial charge in [0, 0.05) is 38.4 Å². The van der Waals surface area contributed by atoms with Gasteiger partial charge >= 0.3 is 12.0 Å². The Hall–Kier alpha value is -3.99. The number of amides is 3. The van der Waals surface area contributed by atoms with Gasteiger partial charge in [0.1, 0.15) is 0 Å². The molecule has 3 heterocycles. The number of furan rings is 1. The highest BCUT2D eigenvalue weighted by atomic mass is 16.5. The molecule has 2 aliphatic rings. The predicted molar refractivity (Wildman–Crippen MR) is 124 cm³/mol. The van der Waals surface area contributed by atoms with Crippen LogP contribution in [0.4, 0.5) is 4.79 Å². The molecule has 1 atom stereocenters. The quantitative estimate of drug-likeness (QED) is 0.568. The maximum Gasteiger partial charge on any atom is 0.338 e. The number of urea groups is 1. The standard InChI is InChI=1S/C24H28N4O7/c1-32-17-7-6-15(13-19(17)33-2)21-20(23(30)34-3)16(25-24(31)26-21)14-27-8-10-28(11-9-27)22(29)18-5-4-12-35-18/h4-7,12-13,21H,8-11,14H2,1-3H3,(H2,25,26,31)/t21-/m1/s1. The number of esters is 1. The van der Waals surface area contributed by atoms with Crippen molar-refractivity contribution in [2.24, 2.45) is 0 Å². The molecule has 0 aliphatic carbocycles. The van der Waals surface area contributed by atoms with Crippen LogP contribution in [0.1, 0.15) is 22.2 Å². The molecule has 0 saturated carbocycles. The van der Waals surface area contributed by atoms with Crippen molar-refractivity contribution in [3.63, 3.8) is 0 Å². The number of nitrogens with zero attached hydrogens (tertiary/aromatic N) is 2. The van der Waals surface area contributed by atoms with Crippen LogP contribution in [0.3, 0.4) is 0 Å². The Morgan fingerprint density at radius 2 is 1.80 bits per heavy atom. The van der Waals surface area contributed by atoms with Crippen molar-refractivity contribution < 1.29 is 33.0 Å². The minimum absolute atomic E-state index is 0.159. The topological polar surface area (TPSA) is 123 Å². The molecule has 0 unspecified atom stereocenters. The third-order valence-corrected chi connectivity index (χ3v) is 6.07. The largest absolute Gasteiger partial charge is 0.493 e. The summed E-state index contributed by atoms with van der Waals surface area (Å²) in [6.07, 6.45) is 1.47. The number of rotatable bonds is 7. The molecule has 35 heavy (non-hydrogen) atoms. The average molecular weight is 485 g/mol. The Labute approximate surface area is 202 Å². The maximum absolute atomic E-state index is 12.9. The van der Waals surface area contributed by atoms with Crippen molar-refractivity contribution in [3.05, 3.63) is 59.2 Å². The zero-order valence-corrected chi connectivity index (χ0v) is 19.8. The van der Waals surface area contributed by atoms with E-state index in [-0.39, 0.29) is 5.91 Å². The highest BCUT2D eigenvalue weighted by Crippen LogP contribution is 2.34. The van der Waals surface area contributed by atoms with Crippen molar-refractivity contribution in [2.45, 2.75) is 6.04 Å². The first-order valence-corrected chi connectivity index (χ1v) is 11.1. The van der Waals surface area contributed by atoms with Crippen LogP contribution in [-0.4, -0.2) is 81.8 Å². The summed E-state index contributed by atoms with van der Waals surface area (Å²) in [5.74, 6) is 0.590. The first-order valence-electron chi connectivity index (χ1n) is 11.1. The summed E-state index contributed by atoms with van der Waals surface area (Å²) in [5.41, 5.74) is 1.39. The fourth-order valence-electron chi connectivity index (χ4n) is 4.26. The number of hydrogen-bond acceptors (Lipinski definition) is 8. The highest BCUT2D eigenvalue weighted by molar-refractivity contribution is 5.95. The van der Waals surface area contributed by atoms with Gasteiger partial charge in [0.05, 0.1) is 39.2 Å². The molecule has 0 spiro atoms. The third kappa shape index (κ3) is 5.09. The number of carbonyl (C=O) groups excluding carboxylic acids is 3. The molecule has 2 aliphatic heterocycles. The van der Waals surface area contributed by atoms with E-state index in [1.807, 2.05) is 0 Å². The highest BCUT2D eigenvalue weighted by Gasteiger charge is 2.35. The van der Waals surface area contributed by atoms with Gasteiger partial charge in [-0.3, -0.25) is 9.69 Å². The molecule has 3 amide bonds. The lowest BCUT2D eigenvalue weighted by Gasteiger charge is -2.36. The number of ether oxygens (including phenoxy) is 3. The van der Waals surface area contributed by atoms with Crippen LogP contribution in [0.5, 0.6) is 11.5 Å². The van der Waals surface area contributed by atoms with Gasteiger partial charge in [-0.15, -0.1) is 0 Å². The molecule has 11 nitrogen and oxygen atoms in total. The van der Waals surface area contributed by atoms with Gasteiger partial charge in [-0.25, -0.2) is 9.59 Å². The van der Waals surface area contributed by atoms with Crippen LogP contribution in [0.25, 0.3) is 0 Å². The van der Waals surface area contributed by atoms with Crippen LogP contribution in [0.15, 0.2) is 52.3 Å². The lowest BCUT2D eigenvalue weighted by Crippen LogP contribution is -2.52. The van der Waals surface area contributed by atoms with Crippen molar-refractivity contribution in [3.8, 4) is 11.5 Å². The van der Waals surface area contributed by atoms with E-state index < -0.39 is 18.0 Å². The van der Waals surface area contributed by atoms with Gasteiger partial charge in [-0.2, -0.15) is 0 Å². The normalized spacial score (nSPS) is 18.5. The Morgan fingerprint density at radius 1 is 1.06 bits per heavy atom. The number of piperazine rings is 1. The number of hydrogen-bond donors (Lipinski definition) is 2. The van der Waals surface area contributed by atoms with Crippen molar-refractivity contribution >= 4 is 17.9 Å². The molecule has 2 N–H and O–H groups in total. The minimum atomic E-state index is -0.743. The molecule has 186 valence electrons. The molecular weight excluding hydrogens is 456 g/mol. The molecule has 1 aromatic heterocycles. The van der Waals surface area contributed by atoms with E-state index >= 15 is 0 Å². The molecule has 11 heteroatoms. The minimum Gasteiger partial charge on any atom is -0.493 e. The fraction of sp³-hybridized carbons (Fsp3) is 0.375. The fourth-order valence-corrected chi connectivity index (χ4v) is 4.26. The van der Waals surface area contributed by atoms with Crippen LogP contribution in [0.2, 0.25) is 0 Å². The first-order chi connectivity index (χ1) is 16.9. The van der Waals surface area contributed by atoms with Gasteiger partial charge in [0.25, 0.3) is 5.91 Å². The van der Waals surface area contributed by atoms with E-state index in [0.29, 0.717) is 66.8 Å². The number of methoxy groups -OCH3 is 3. The molecule has 4 rings (SSSR count). The van der Waals surface area contributed by atoms with Gasteiger partial charge in [0.2, 0.25) is 0 Å². The van der Waals surface area contributed by atoms with Gasteiger partial charge < -0.3 is 34.2 Å². The van der Waals surface area contributed by atoms with Crippen LogP contribution < -0.4 is 20.1 Å². The lowest BCUT2D eigenvalue weighted by molar-refractivity contribution is -0.136. The Balaban J connectivity index is 1.56. The summed E-state index contributed by atoms with van der Waals surface area (Å²) in [6.45, 7) is 2.42. The van der Waals surface area contributed by atoms with Crippen molar-refractivity contribution in [1.82, 2.24) is 20.4 Å². The van der Waals surface area contributed by atoms with E-state index in [2.05, 4.69) is 15.5 Å². The predicted octanol–water partition coefficient (Wildman–Crippen LogP) is 1.54. The molecule has 1 aromatic carbocycles. The summed E-state index contributed by atoms with van der Waals surface area (Å²) in [5, 5.41) is 5.58. The second kappa shape index (κ2) is 10.5. The van der Waals surface area contributed by atoms with E-state index in [1.165, 1.54) is 27.6 Å². The molecule has 2 aromatic rings. The van der Waals surface area contributed by atoms with Gasteiger partial charge in [-0.05, 0) is 29.8 Å². The molecule has 0 radical (unpaired) electrons. The monoisotopic (exact) mass is 484 g/mol.